The van der Waals surface area contributed by atoms with Crippen LogP contribution in [0.3, 0.4) is 0 Å². The molecule has 4 nitrogen and oxygen atoms in total. The third-order valence-corrected chi connectivity index (χ3v) is 4.98. The topological polar surface area (TPSA) is 39.9 Å². The molecule has 0 N–H and O–H groups in total. The monoisotopic (exact) mass is 433 g/mol. The van der Waals surface area contributed by atoms with Gasteiger partial charge < -0.3 is 9.30 Å². The summed E-state index contributed by atoms with van der Waals surface area (Å²) in [5, 5.41) is 0.258. The second-order valence-electron chi connectivity index (χ2n) is 5.47. The van der Waals surface area contributed by atoms with Gasteiger partial charge in [0.05, 0.1) is 28.2 Å². The summed E-state index contributed by atoms with van der Waals surface area (Å²) in [7, 11) is 3.08. The van der Waals surface area contributed by atoms with Crippen LogP contribution in [0.2, 0.25) is 5.15 Å². The number of pyridine rings is 1. The first-order valence-corrected chi connectivity index (χ1v) is 8.25. The van der Waals surface area contributed by atoms with Crippen molar-refractivity contribution in [3.63, 3.8) is 0 Å². The first-order valence-electron chi connectivity index (χ1n) is 7.08. The summed E-state index contributed by atoms with van der Waals surface area (Å²) >= 11 is 9.30. The Labute approximate surface area is 154 Å². The molecule has 3 rings (SSSR count). The fraction of sp³-hybridized carbons (Fsp3) is 0.250. The maximum Gasteiger partial charge on any atom is 0.416 e. The number of halogens is 5. The van der Waals surface area contributed by atoms with E-state index in [1.807, 2.05) is 0 Å². The van der Waals surface area contributed by atoms with Gasteiger partial charge in [-0.25, -0.2) is 9.97 Å². The number of rotatable bonds is 2. The van der Waals surface area contributed by atoms with Gasteiger partial charge in [0, 0.05) is 7.05 Å². The van der Waals surface area contributed by atoms with Gasteiger partial charge in [-0.2, -0.15) is 13.2 Å². The Hall–Kier alpha value is -1.80. The highest BCUT2D eigenvalue weighted by Gasteiger charge is 2.32. The molecule has 25 heavy (non-hydrogen) atoms. The molecule has 0 aliphatic heterocycles. The Bertz CT molecular complexity index is 985. The molecule has 0 aliphatic rings. The lowest BCUT2D eigenvalue weighted by Crippen LogP contribution is -2.07. The van der Waals surface area contributed by atoms with Crippen molar-refractivity contribution in [2.75, 3.05) is 7.11 Å². The Kier molecular flexibility index (Phi) is 4.45. The van der Waals surface area contributed by atoms with E-state index in [0.717, 1.165) is 12.1 Å². The first-order chi connectivity index (χ1) is 11.6. The number of aryl methyl sites for hydroxylation is 2. The minimum Gasteiger partial charge on any atom is -0.496 e. The molecule has 0 fully saturated rings. The largest absolute Gasteiger partial charge is 0.496 e. The van der Waals surface area contributed by atoms with Crippen LogP contribution in [0, 0.1) is 6.92 Å². The van der Waals surface area contributed by atoms with Gasteiger partial charge >= 0.3 is 6.18 Å². The van der Waals surface area contributed by atoms with Crippen molar-refractivity contribution in [2.45, 2.75) is 13.1 Å². The Morgan fingerprint density at radius 3 is 2.48 bits per heavy atom. The highest BCUT2D eigenvalue weighted by molar-refractivity contribution is 9.10. The molecular weight excluding hydrogens is 423 g/mol. The van der Waals surface area contributed by atoms with Crippen molar-refractivity contribution in [1.82, 2.24) is 14.5 Å². The fourth-order valence-corrected chi connectivity index (χ4v) is 3.10. The van der Waals surface area contributed by atoms with Gasteiger partial charge in [0.1, 0.15) is 16.7 Å². The van der Waals surface area contributed by atoms with Crippen molar-refractivity contribution < 1.29 is 17.9 Å². The molecule has 2 heterocycles. The third kappa shape index (κ3) is 3.08. The molecule has 2 aromatic heterocycles. The van der Waals surface area contributed by atoms with Crippen LogP contribution in [0.1, 0.15) is 11.1 Å². The predicted molar refractivity (Wildman–Crippen MR) is 92.9 cm³/mol. The van der Waals surface area contributed by atoms with E-state index >= 15 is 0 Å². The highest BCUT2D eigenvalue weighted by atomic mass is 79.9. The van der Waals surface area contributed by atoms with E-state index < -0.39 is 11.7 Å². The average Bonchev–Trinajstić information content (AvgIpc) is 2.82. The number of benzene rings is 1. The molecule has 1 aromatic carbocycles. The predicted octanol–water partition coefficient (Wildman–Crippen LogP) is 5.39. The Balaban J connectivity index is 2.29. The second-order valence-corrected chi connectivity index (χ2v) is 6.68. The fourth-order valence-electron chi connectivity index (χ4n) is 2.66. The van der Waals surface area contributed by atoms with Gasteiger partial charge in [0.2, 0.25) is 0 Å². The lowest BCUT2D eigenvalue weighted by atomic mass is 10.0. The molecule has 0 bridgehead atoms. The second kappa shape index (κ2) is 6.17. The molecular formula is C16H12BrClF3N3O. The zero-order valence-corrected chi connectivity index (χ0v) is 15.7. The van der Waals surface area contributed by atoms with Gasteiger partial charge in [-0.15, -0.1) is 0 Å². The Morgan fingerprint density at radius 2 is 1.88 bits per heavy atom. The maximum absolute atomic E-state index is 13.0. The summed E-state index contributed by atoms with van der Waals surface area (Å²) in [6.07, 6.45) is -4.46. The summed E-state index contributed by atoms with van der Waals surface area (Å²) in [6.45, 7) is 1.59. The van der Waals surface area contributed by atoms with Crippen molar-refractivity contribution in [3.05, 3.63) is 39.0 Å². The van der Waals surface area contributed by atoms with Gasteiger partial charge in [0.25, 0.3) is 0 Å². The lowest BCUT2D eigenvalue weighted by molar-refractivity contribution is -0.137. The van der Waals surface area contributed by atoms with E-state index in [9.17, 15) is 13.2 Å². The van der Waals surface area contributed by atoms with E-state index in [1.54, 1.807) is 24.6 Å². The first kappa shape index (κ1) is 18.0. The zero-order chi connectivity index (χ0) is 18.5. The minimum absolute atomic E-state index is 0.0934. The van der Waals surface area contributed by atoms with E-state index in [-0.39, 0.29) is 10.9 Å². The number of aromatic nitrogens is 3. The number of nitrogens with zero attached hydrogens (tertiary/aromatic N) is 3. The summed E-state index contributed by atoms with van der Waals surface area (Å²) in [4.78, 5) is 8.62. The number of imidazole rings is 1. The molecule has 132 valence electrons. The zero-order valence-electron chi connectivity index (χ0n) is 13.4. The average molecular weight is 435 g/mol. The smallest absolute Gasteiger partial charge is 0.416 e. The number of hydrogen-bond acceptors (Lipinski definition) is 3. The van der Waals surface area contributed by atoms with Crippen LogP contribution in [-0.2, 0) is 13.2 Å². The molecule has 0 amide bonds. The summed E-state index contributed by atoms with van der Waals surface area (Å²) < 4.78 is 46.7. The lowest BCUT2D eigenvalue weighted by Gasteiger charge is -2.15. The van der Waals surface area contributed by atoms with E-state index in [2.05, 4.69) is 25.9 Å². The number of alkyl halides is 3. The Morgan fingerprint density at radius 1 is 1.20 bits per heavy atom. The van der Waals surface area contributed by atoms with Crippen molar-refractivity contribution in [3.8, 4) is 17.1 Å². The molecule has 0 saturated carbocycles. The number of methoxy groups -OCH3 is 1. The molecule has 0 aliphatic carbocycles. The minimum atomic E-state index is -4.46. The van der Waals surface area contributed by atoms with Crippen LogP contribution < -0.4 is 4.74 Å². The highest BCUT2D eigenvalue weighted by Crippen LogP contribution is 2.40. The van der Waals surface area contributed by atoms with E-state index in [4.69, 9.17) is 16.3 Å². The number of ether oxygens (including phenoxy) is 1. The quantitative estimate of drug-likeness (QED) is 0.508. The van der Waals surface area contributed by atoms with Crippen LogP contribution in [-0.4, -0.2) is 21.6 Å². The normalized spacial score (nSPS) is 12.0. The summed E-state index contributed by atoms with van der Waals surface area (Å²) in [5.74, 6) is 0.538. The number of fused-ring (bicyclic) bond motifs is 1. The summed E-state index contributed by atoms with van der Waals surface area (Å²) in [6, 6.07) is 3.80. The SMILES string of the molecule is COc1cc(C(F)(F)F)cc(C)c1-c1nc2nc(Cl)c(Br)cc2n1C. The van der Waals surface area contributed by atoms with Gasteiger partial charge in [0.15, 0.2) is 5.65 Å². The van der Waals surface area contributed by atoms with E-state index in [0.29, 0.717) is 32.6 Å². The van der Waals surface area contributed by atoms with Crippen LogP contribution in [0.5, 0.6) is 5.75 Å². The standard InChI is InChI=1S/C16H12BrClF3N3O/c1-7-4-8(16(19,20)21)5-11(25-3)12(7)15-23-14-10(24(15)2)6-9(17)13(18)22-14/h4-6H,1-3H3. The molecule has 9 heteroatoms. The van der Waals surface area contributed by atoms with Gasteiger partial charge in [-0.1, -0.05) is 11.6 Å². The van der Waals surface area contributed by atoms with Crippen LogP contribution in [0.15, 0.2) is 22.7 Å². The van der Waals surface area contributed by atoms with Crippen molar-refractivity contribution in [2.24, 2.45) is 7.05 Å². The van der Waals surface area contributed by atoms with E-state index in [1.165, 1.54) is 7.11 Å². The molecule has 0 atom stereocenters. The van der Waals surface area contributed by atoms with Gasteiger partial charge in [-0.05, 0) is 46.6 Å². The van der Waals surface area contributed by atoms with Gasteiger partial charge in [-0.3, -0.25) is 0 Å². The molecule has 3 aromatic rings. The summed E-state index contributed by atoms with van der Waals surface area (Å²) in [5.41, 5.74) is 1.19. The van der Waals surface area contributed by atoms with Crippen LogP contribution >= 0.6 is 27.5 Å². The maximum atomic E-state index is 13.0. The molecule has 0 saturated heterocycles. The van der Waals surface area contributed by atoms with Crippen LogP contribution in [0.4, 0.5) is 13.2 Å². The number of hydrogen-bond donors (Lipinski definition) is 0. The molecule has 0 unspecified atom stereocenters. The molecule has 0 radical (unpaired) electrons. The van der Waals surface area contributed by atoms with Crippen molar-refractivity contribution >= 4 is 38.7 Å². The van der Waals surface area contributed by atoms with Crippen molar-refractivity contribution in [1.29, 1.82) is 0 Å². The molecule has 0 spiro atoms. The third-order valence-electron chi connectivity index (χ3n) is 3.85. The van der Waals surface area contributed by atoms with Crippen LogP contribution in [0.25, 0.3) is 22.6 Å².